The van der Waals surface area contributed by atoms with Gasteiger partial charge in [0, 0.05) is 37.1 Å². The number of hydrogen-bond acceptors (Lipinski definition) is 6. The summed E-state index contributed by atoms with van der Waals surface area (Å²) < 4.78 is 39.0. The quantitative estimate of drug-likeness (QED) is 0.440. The van der Waals surface area contributed by atoms with E-state index < -0.39 is 49.5 Å². The maximum atomic E-state index is 13.0. The lowest BCUT2D eigenvalue weighted by molar-refractivity contribution is -0.163. The van der Waals surface area contributed by atoms with Crippen LogP contribution in [0.3, 0.4) is 0 Å². The Balaban J connectivity index is 1.71. The number of fused-ring (bicyclic) bond motifs is 1. The molecular formula is C21H22F3N5O4. The maximum Gasteiger partial charge on any atom is 0.406 e. The first-order valence-corrected chi connectivity index (χ1v) is 10.0. The van der Waals surface area contributed by atoms with Crippen molar-refractivity contribution in [1.29, 1.82) is 0 Å². The molecule has 1 aromatic carbocycles. The lowest BCUT2D eigenvalue weighted by Gasteiger charge is -2.24. The molecule has 3 rings (SSSR count). The van der Waals surface area contributed by atoms with Crippen molar-refractivity contribution < 1.29 is 32.7 Å². The number of carboxylic acid groups (broad SMARTS) is 1. The second kappa shape index (κ2) is 10.2. The van der Waals surface area contributed by atoms with Crippen LogP contribution in [0.4, 0.5) is 24.7 Å². The van der Waals surface area contributed by atoms with E-state index in [1.165, 1.54) is 18.2 Å². The summed E-state index contributed by atoms with van der Waals surface area (Å²) in [6.07, 6.45) is -3.72. The van der Waals surface area contributed by atoms with Crippen molar-refractivity contribution in [2.45, 2.75) is 25.2 Å². The third-order valence-corrected chi connectivity index (χ3v) is 4.80. The van der Waals surface area contributed by atoms with E-state index in [2.05, 4.69) is 20.9 Å². The van der Waals surface area contributed by atoms with Crippen LogP contribution in [-0.4, -0.2) is 64.6 Å². The minimum Gasteiger partial charge on any atom is -0.481 e. The fourth-order valence-electron chi connectivity index (χ4n) is 3.36. The van der Waals surface area contributed by atoms with Crippen molar-refractivity contribution in [2.75, 3.05) is 30.3 Å². The number of nitrogens with one attached hydrogen (secondary N) is 3. The minimum atomic E-state index is -4.66. The van der Waals surface area contributed by atoms with Gasteiger partial charge in [0.1, 0.15) is 18.4 Å². The smallest absolute Gasteiger partial charge is 0.406 e. The molecule has 4 N–H and O–H groups in total. The van der Waals surface area contributed by atoms with Crippen LogP contribution in [0.25, 0.3) is 0 Å². The summed E-state index contributed by atoms with van der Waals surface area (Å²) in [7, 11) is 0. The number of amides is 2. The molecular weight excluding hydrogens is 443 g/mol. The standard InChI is InChI=1S/C21H22F3N5O4/c22-21(23,24)12-29-11-14-9-13(4-5-15(14)28-16(20(29)33)10-18(30)31)19(32)27-8-7-26-17-3-1-2-6-25-17/h1-6,9,16,28H,7-8,10-12H2,(H,25,26)(H,27,32)(H,30,31). The number of alkyl halides is 3. The summed E-state index contributed by atoms with van der Waals surface area (Å²) in [6.45, 7) is -1.28. The van der Waals surface area contributed by atoms with Crippen LogP contribution < -0.4 is 16.0 Å². The molecule has 0 saturated carbocycles. The van der Waals surface area contributed by atoms with E-state index in [0.29, 0.717) is 22.9 Å². The first-order valence-electron chi connectivity index (χ1n) is 10.0. The molecule has 0 aliphatic carbocycles. The predicted molar refractivity (Wildman–Crippen MR) is 113 cm³/mol. The molecule has 176 valence electrons. The maximum absolute atomic E-state index is 13.0. The van der Waals surface area contributed by atoms with Gasteiger partial charge in [0.2, 0.25) is 5.91 Å². The number of carboxylic acids is 1. The highest BCUT2D eigenvalue weighted by Crippen LogP contribution is 2.28. The number of halogens is 3. The second-order valence-corrected chi connectivity index (χ2v) is 7.37. The molecule has 12 heteroatoms. The third-order valence-electron chi connectivity index (χ3n) is 4.80. The molecule has 0 bridgehead atoms. The molecule has 1 aromatic heterocycles. The molecule has 2 aromatic rings. The Morgan fingerprint density at radius 3 is 2.67 bits per heavy atom. The fourth-order valence-corrected chi connectivity index (χ4v) is 3.36. The third kappa shape index (κ3) is 6.82. The van der Waals surface area contributed by atoms with E-state index in [-0.39, 0.29) is 17.7 Å². The number of pyridine rings is 1. The lowest BCUT2D eigenvalue weighted by atomic mass is 10.1. The number of aliphatic carboxylic acids is 1. The average molecular weight is 465 g/mol. The largest absolute Gasteiger partial charge is 0.481 e. The number of aromatic nitrogens is 1. The van der Waals surface area contributed by atoms with Crippen LogP contribution in [0.2, 0.25) is 0 Å². The Hall–Kier alpha value is -3.83. The van der Waals surface area contributed by atoms with E-state index in [0.717, 1.165) is 0 Å². The zero-order valence-electron chi connectivity index (χ0n) is 17.4. The van der Waals surface area contributed by atoms with Crippen molar-refractivity contribution in [1.82, 2.24) is 15.2 Å². The Labute approximate surface area is 187 Å². The van der Waals surface area contributed by atoms with Gasteiger partial charge < -0.3 is 26.0 Å². The Morgan fingerprint density at radius 1 is 1.21 bits per heavy atom. The predicted octanol–water partition coefficient (Wildman–Crippen LogP) is 2.08. The van der Waals surface area contributed by atoms with Crippen molar-refractivity contribution in [3.05, 3.63) is 53.7 Å². The molecule has 0 saturated heterocycles. The van der Waals surface area contributed by atoms with E-state index >= 15 is 0 Å². The van der Waals surface area contributed by atoms with Crippen LogP contribution in [0, 0.1) is 0 Å². The number of carbonyl (C=O) groups excluding carboxylic acids is 2. The van der Waals surface area contributed by atoms with Gasteiger partial charge in [-0.15, -0.1) is 0 Å². The van der Waals surface area contributed by atoms with Gasteiger partial charge >= 0.3 is 12.1 Å². The Kier molecular flexibility index (Phi) is 7.36. The van der Waals surface area contributed by atoms with E-state index in [1.807, 2.05) is 6.07 Å². The van der Waals surface area contributed by atoms with Gasteiger partial charge in [0.15, 0.2) is 0 Å². The Bertz CT molecular complexity index is 1020. The summed E-state index contributed by atoms with van der Waals surface area (Å²) in [6, 6.07) is 8.29. The second-order valence-electron chi connectivity index (χ2n) is 7.37. The highest BCUT2D eigenvalue weighted by atomic mass is 19.4. The number of rotatable bonds is 8. The molecule has 0 radical (unpaired) electrons. The zero-order chi connectivity index (χ0) is 24.0. The Morgan fingerprint density at radius 2 is 2.00 bits per heavy atom. The van der Waals surface area contributed by atoms with E-state index in [4.69, 9.17) is 5.11 Å². The monoisotopic (exact) mass is 465 g/mol. The van der Waals surface area contributed by atoms with Gasteiger partial charge in [-0.2, -0.15) is 13.2 Å². The van der Waals surface area contributed by atoms with E-state index in [1.54, 1.807) is 18.3 Å². The lowest BCUT2D eigenvalue weighted by Crippen LogP contribution is -2.45. The number of nitrogens with zero attached hydrogens (tertiary/aromatic N) is 2. The molecule has 1 unspecified atom stereocenters. The highest BCUT2D eigenvalue weighted by Gasteiger charge is 2.38. The van der Waals surface area contributed by atoms with Crippen LogP contribution in [0.15, 0.2) is 42.6 Å². The van der Waals surface area contributed by atoms with Crippen molar-refractivity contribution in [2.24, 2.45) is 0 Å². The molecule has 1 aliphatic rings. The summed E-state index contributed by atoms with van der Waals surface area (Å²) in [5, 5.41) is 17.5. The number of benzene rings is 1. The summed E-state index contributed by atoms with van der Waals surface area (Å²) in [5.74, 6) is -2.10. The average Bonchev–Trinajstić information content (AvgIpc) is 2.86. The van der Waals surface area contributed by atoms with Gasteiger partial charge in [-0.1, -0.05) is 6.07 Å². The minimum absolute atomic E-state index is 0.199. The van der Waals surface area contributed by atoms with Gasteiger partial charge in [-0.25, -0.2) is 4.98 Å². The topological polar surface area (TPSA) is 124 Å². The molecule has 9 nitrogen and oxygen atoms in total. The molecule has 0 fully saturated rings. The number of carbonyl (C=O) groups is 3. The summed E-state index contributed by atoms with van der Waals surface area (Å²) in [5.41, 5.74) is 0.775. The van der Waals surface area contributed by atoms with Crippen molar-refractivity contribution >= 4 is 29.3 Å². The molecule has 2 amide bonds. The number of anilines is 2. The summed E-state index contributed by atoms with van der Waals surface area (Å²) in [4.78, 5) is 40.8. The van der Waals surface area contributed by atoms with Gasteiger partial charge in [0.25, 0.3) is 5.91 Å². The zero-order valence-corrected chi connectivity index (χ0v) is 17.4. The van der Waals surface area contributed by atoms with Crippen LogP contribution in [0.5, 0.6) is 0 Å². The van der Waals surface area contributed by atoms with Crippen molar-refractivity contribution in [3.8, 4) is 0 Å². The first kappa shape index (κ1) is 23.8. The fraction of sp³-hybridized carbons (Fsp3) is 0.333. The highest BCUT2D eigenvalue weighted by molar-refractivity contribution is 5.95. The van der Waals surface area contributed by atoms with Crippen LogP contribution >= 0.6 is 0 Å². The normalized spacial score (nSPS) is 15.8. The van der Waals surface area contributed by atoms with Gasteiger partial charge in [-0.05, 0) is 35.9 Å². The van der Waals surface area contributed by atoms with E-state index in [9.17, 15) is 27.6 Å². The molecule has 1 atom stereocenters. The SMILES string of the molecule is O=C(O)CC1Nc2ccc(C(=O)NCCNc3ccccn3)cc2CN(CC(F)(F)F)C1=O. The molecule has 2 heterocycles. The van der Waals surface area contributed by atoms with Gasteiger partial charge in [0.05, 0.1) is 6.42 Å². The van der Waals surface area contributed by atoms with Gasteiger partial charge in [-0.3, -0.25) is 14.4 Å². The number of hydrogen-bond donors (Lipinski definition) is 4. The molecule has 0 spiro atoms. The van der Waals surface area contributed by atoms with Crippen LogP contribution in [-0.2, 0) is 16.1 Å². The molecule has 1 aliphatic heterocycles. The summed E-state index contributed by atoms with van der Waals surface area (Å²) >= 11 is 0. The first-order chi connectivity index (χ1) is 15.6. The van der Waals surface area contributed by atoms with Crippen LogP contribution in [0.1, 0.15) is 22.3 Å². The molecule has 33 heavy (non-hydrogen) atoms. The van der Waals surface area contributed by atoms with Crippen molar-refractivity contribution in [3.63, 3.8) is 0 Å².